The molecule has 2 atom stereocenters. The number of carbonyl (C=O) groups excluding carboxylic acids is 3. The van der Waals surface area contributed by atoms with E-state index in [1.807, 2.05) is 0 Å². The fraction of sp³-hybridized carbons (Fsp3) is 0.188. The van der Waals surface area contributed by atoms with Crippen molar-refractivity contribution in [2.45, 2.75) is 23.9 Å². The van der Waals surface area contributed by atoms with Gasteiger partial charge in [0.25, 0.3) is 15.9 Å². The maximum atomic E-state index is 15.0. The largest absolute Gasteiger partial charge is 0.506 e. The van der Waals surface area contributed by atoms with Crippen LogP contribution in [0.1, 0.15) is 21.5 Å². The number of carboxylic acid groups (broad SMARTS) is 1. The molecule has 0 saturated carbocycles. The van der Waals surface area contributed by atoms with E-state index in [1.54, 1.807) is 25.3 Å². The number of aliphatic carboxylic acids is 1. The van der Waals surface area contributed by atoms with Crippen molar-refractivity contribution >= 4 is 57.1 Å². The first-order chi connectivity index (χ1) is 22.4. The van der Waals surface area contributed by atoms with Crippen LogP contribution in [0.4, 0.5) is 20.6 Å². The van der Waals surface area contributed by atoms with Crippen LogP contribution >= 0.6 is 0 Å². The Kier molecular flexibility index (Phi) is 9.39. The summed E-state index contributed by atoms with van der Waals surface area (Å²) in [5.41, 5.74) is 1.42. The lowest BCUT2D eigenvalue weighted by atomic mass is 9.97. The number of rotatable bonds is 11. The smallest absolute Gasteiger partial charge is 0.480 e. The van der Waals surface area contributed by atoms with E-state index in [1.165, 1.54) is 66.5 Å². The van der Waals surface area contributed by atoms with Gasteiger partial charge in [0.15, 0.2) is 0 Å². The Morgan fingerprint density at radius 1 is 1.04 bits per heavy atom. The number of carbonyl (C=O) groups is 4. The van der Waals surface area contributed by atoms with Gasteiger partial charge in [0.1, 0.15) is 29.2 Å². The standard InChI is InChI=1S/C32H29FN6O7S/c1-34-17-20-5-10-23(11-6-20)47(45,46)37-21-7-12-24(26(33)16-21)29(40)36-27(31(42)43)15-19-3-8-22(9-4-19)39-30(41)25-13-14-35-18-28(25)38(2)32(39)44/h3-14,16,18,25,27,34H,15,17H2,1-2H3,(H2-,36,37,40,42,43)/p+1/t25?,27-/m0/s1. The number of imide groups is 1. The van der Waals surface area contributed by atoms with E-state index in [-0.39, 0.29) is 22.7 Å². The third-order valence-corrected chi connectivity index (χ3v) is 8.96. The lowest BCUT2D eigenvalue weighted by Crippen LogP contribution is -2.54. The zero-order chi connectivity index (χ0) is 33.9. The minimum Gasteiger partial charge on any atom is -0.480 e. The molecule has 2 heterocycles. The van der Waals surface area contributed by atoms with Gasteiger partial charge in [-0.25, -0.2) is 22.4 Å². The highest BCUT2D eigenvalue weighted by atomic mass is 32.2. The Morgan fingerprint density at radius 2 is 1.72 bits per heavy atom. The van der Waals surface area contributed by atoms with E-state index < -0.39 is 57.2 Å². The fourth-order valence-electron chi connectivity index (χ4n) is 5.09. The lowest BCUT2D eigenvalue weighted by Gasteiger charge is -2.24. The van der Waals surface area contributed by atoms with Gasteiger partial charge in [-0.1, -0.05) is 24.3 Å². The molecular formula is C32H30FN6O7S+. The molecule has 2 aliphatic heterocycles. The van der Waals surface area contributed by atoms with Crippen LogP contribution < -0.4 is 20.3 Å². The number of hydrogen-bond donors (Lipinski definition) is 4. The van der Waals surface area contributed by atoms with Gasteiger partial charge in [-0.3, -0.25) is 14.5 Å². The summed E-state index contributed by atoms with van der Waals surface area (Å²) in [6.45, 7) is 0.549. The molecule has 0 spiro atoms. The van der Waals surface area contributed by atoms with E-state index in [9.17, 15) is 37.1 Å². The zero-order valence-electron chi connectivity index (χ0n) is 25.2. The van der Waals surface area contributed by atoms with E-state index in [0.29, 0.717) is 17.8 Å². The second-order valence-corrected chi connectivity index (χ2v) is 12.4. The first kappa shape index (κ1) is 32.8. The number of carboxylic acids is 1. The van der Waals surface area contributed by atoms with Crippen molar-refractivity contribution in [2.75, 3.05) is 23.7 Å². The second-order valence-electron chi connectivity index (χ2n) is 10.7. The highest BCUT2D eigenvalue weighted by molar-refractivity contribution is 7.92. The van der Waals surface area contributed by atoms with Gasteiger partial charge >= 0.3 is 17.9 Å². The quantitative estimate of drug-likeness (QED) is 0.227. The first-order valence-electron chi connectivity index (χ1n) is 14.3. The SMILES string of the molecule is CNCc1ccc(S(=O)(=O)Nc2ccc(C(=O)N[C@@H](Cc3ccc(N4C(=O)C5C=CN=CC5=[N+](C)C4=O)cc3)C(=O)O)c(F)c2)cc1. The number of benzene rings is 3. The summed E-state index contributed by atoms with van der Waals surface area (Å²) in [5.74, 6) is -4.62. The van der Waals surface area contributed by atoms with Gasteiger partial charge in [0.05, 0.1) is 29.4 Å². The highest BCUT2D eigenvalue weighted by Crippen LogP contribution is 2.25. The van der Waals surface area contributed by atoms with E-state index in [0.717, 1.165) is 22.6 Å². The highest BCUT2D eigenvalue weighted by Gasteiger charge is 2.47. The molecule has 0 fully saturated rings. The van der Waals surface area contributed by atoms with Gasteiger partial charge in [0, 0.05) is 19.2 Å². The Morgan fingerprint density at radius 3 is 2.36 bits per heavy atom. The normalized spacial score (nSPS) is 16.6. The number of halogens is 1. The maximum absolute atomic E-state index is 15.0. The van der Waals surface area contributed by atoms with Crippen LogP contribution in [0, 0.1) is 11.7 Å². The summed E-state index contributed by atoms with van der Waals surface area (Å²) in [5, 5.41) is 15.0. The monoisotopic (exact) mass is 661 g/mol. The number of nitrogens with one attached hydrogen (secondary N) is 3. The van der Waals surface area contributed by atoms with Crippen LogP contribution in [-0.4, -0.2) is 74.0 Å². The molecule has 3 aromatic rings. The van der Waals surface area contributed by atoms with Crippen LogP contribution in [0.5, 0.6) is 0 Å². The maximum Gasteiger partial charge on any atom is 0.506 e. The summed E-state index contributed by atoms with van der Waals surface area (Å²) in [7, 11) is -0.761. The number of fused-ring (bicyclic) bond motifs is 1. The van der Waals surface area contributed by atoms with Crippen molar-refractivity contribution in [3.63, 3.8) is 0 Å². The molecule has 4 N–H and O–H groups in total. The van der Waals surface area contributed by atoms with Crippen LogP contribution in [0.3, 0.4) is 0 Å². The second kappa shape index (κ2) is 13.4. The molecule has 2 aliphatic rings. The predicted octanol–water partition coefficient (Wildman–Crippen LogP) is 2.54. The molecule has 242 valence electrons. The Balaban J connectivity index is 1.25. The van der Waals surface area contributed by atoms with Crippen molar-refractivity contribution in [3.05, 3.63) is 102 Å². The van der Waals surface area contributed by atoms with Crippen LogP contribution in [0.15, 0.2) is 88.9 Å². The Hall–Kier alpha value is -5.54. The molecule has 0 saturated heterocycles. The van der Waals surface area contributed by atoms with Crippen molar-refractivity contribution in [2.24, 2.45) is 10.9 Å². The van der Waals surface area contributed by atoms with Crippen LogP contribution in [0.25, 0.3) is 0 Å². The minimum absolute atomic E-state index is 0.0395. The molecule has 3 aromatic carbocycles. The average molecular weight is 662 g/mol. The van der Waals surface area contributed by atoms with Gasteiger partial charge in [-0.05, 0) is 66.7 Å². The molecule has 4 amide bonds. The van der Waals surface area contributed by atoms with Crippen LogP contribution in [-0.2, 0) is 32.6 Å². The molecule has 0 aliphatic carbocycles. The molecule has 0 aromatic heterocycles. The number of nitrogens with zero attached hydrogens (tertiary/aromatic N) is 3. The third kappa shape index (κ3) is 7.00. The van der Waals surface area contributed by atoms with Crippen molar-refractivity contribution in [1.82, 2.24) is 10.6 Å². The molecule has 15 heteroatoms. The van der Waals surface area contributed by atoms with E-state index in [2.05, 4.69) is 20.3 Å². The van der Waals surface area contributed by atoms with Crippen molar-refractivity contribution < 1.29 is 41.7 Å². The van der Waals surface area contributed by atoms with Gasteiger partial charge in [-0.2, -0.15) is 9.37 Å². The topological polar surface area (TPSA) is 177 Å². The van der Waals surface area contributed by atoms with E-state index in [4.69, 9.17) is 0 Å². The molecular weight excluding hydrogens is 631 g/mol. The number of sulfonamides is 1. The van der Waals surface area contributed by atoms with Gasteiger partial charge < -0.3 is 15.7 Å². The van der Waals surface area contributed by atoms with E-state index >= 15 is 0 Å². The summed E-state index contributed by atoms with van der Waals surface area (Å²) in [4.78, 5) is 55.9. The summed E-state index contributed by atoms with van der Waals surface area (Å²) in [6.07, 6.45) is 4.32. The molecule has 0 radical (unpaired) electrons. The Bertz CT molecular complexity index is 1960. The van der Waals surface area contributed by atoms with Gasteiger partial charge in [-0.15, -0.1) is 4.90 Å². The third-order valence-electron chi connectivity index (χ3n) is 7.56. The number of hydrogen-bond acceptors (Lipinski definition) is 8. The summed E-state index contributed by atoms with van der Waals surface area (Å²) in [6, 6.07) is 13.1. The van der Waals surface area contributed by atoms with Gasteiger partial charge in [0.2, 0.25) is 0 Å². The average Bonchev–Trinajstić information content (AvgIpc) is 3.04. The number of anilines is 2. The predicted molar refractivity (Wildman–Crippen MR) is 171 cm³/mol. The molecule has 1 unspecified atom stereocenters. The summed E-state index contributed by atoms with van der Waals surface area (Å²) >= 11 is 0. The fourth-order valence-corrected chi connectivity index (χ4v) is 6.14. The minimum atomic E-state index is -4.05. The van der Waals surface area contributed by atoms with Crippen molar-refractivity contribution in [3.8, 4) is 0 Å². The molecule has 47 heavy (non-hydrogen) atoms. The Labute approximate surface area is 269 Å². The number of amides is 4. The zero-order valence-corrected chi connectivity index (χ0v) is 26.0. The molecule has 0 bridgehead atoms. The molecule has 5 rings (SSSR count). The molecule has 13 nitrogen and oxygen atoms in total. The first-order valence-corrected chi connectivity index (χ1v) is 15.7. The lowest BCUT2D eigenvalue weighted by molar-refractivity contribution is -0.392. The van der Waals surface area contributed by atoms with Crippen molar-refractivity contribution in [1.29, 1.82) is 0 Å². The van der Waals surface area contributed by atoms with Crippen LogP contribution in [0.2, 0.25) is 0 Å². The number of aliphatic imine (C=N–C) groups is 1. The summed E-state index contributed by atoms with van der Waals surface area (Å²) < 4.78 is 44.1. The number of urea groups is 1.